The van der Waals surface area contributed by atoms with E-state index >= 15 is 0 Å². The van der Waals surface area contributed by atoms with Gasteiger partial charge < -0.3 is 0 Å². The standard InChI is InChI=1S/C14H11ClFN3OS.C2H6/c15-12-7-9-5-10(6-11(9)8-18-12)14(20)19(21-16)13-3-1-2-4-17-13;1-2/h1-4,7-8,10H,5-6H2;1-2H3. The fourth-order valence-electron chi connectivity index (χ4n) is 2.47. The van der Waals surface area contributed by atoms with Crippen LogP contribution < -0.4 is 4.31 Å². The van der Waals surface area contributed by atoms with Crippen molar-refractivity contribution in [3.05, 3.63) is 52.9 Å². The van der Waals surface area contributed by atoms with Gasteiger partial charge in [0.1, 0.15) is 11.0 Å². The normalized spacial score (nSPS) is 15.4. The Bertz CT molecular complexity index is 672. The Hall–Kier alpha value is -1.66. The first-order valence-electron chi connectivity index (χ1n) is 7.36. The molecule has 3 rings (SSSR count). The Morgan fingerprint density at radius 2 is 2.04 bits per heavy atom. The lowest BCUT2D eigenvalue weighted by Gasteiger charge is -2.19. The minimum atomic E-state index is -0.314. The van der Waals surface area contributed by atoms with Crippen molar-refractivity contribution in [2.75, 3.05) is 4.31 Å². The molecule has 0 radical (unpaired) electrons. The maximum atomic E-state index is 13.2. The fraction of sp³-hybridized carbons (Fsp3) is 0.312. The van der Waals surface area contributed by atoms with E-state index in [4.69, 9.17) is 11.6 Å². The number of aromatic nitrogens is 2. The number of pyridine rings is 2. The summed E-state index contributed by atoms with van der Waals surface area (Å²) in [6.07, 6.45) is 4.29. The van der Waals surface area contributed by atoms with E-state index in [-0.39, 0.29) is 24.2 Å². The van der Waals surface area contributed by atoms with Crippen LogP contribution >= 0.6 is 23.9 Å². The SMILES string of the molecule is CC.O=C(C1Cc2cnc(Cl)cc2C1)N(SF)c1ccccn1. The van der Waals surface area contributed by atoms with Crippen LogP contribution in [0.2, 0.25) is 5.15 Å². The smallest absolute Gasteiger partial charge is 0.244 e. The summed E-state index contributed by atoms with van der Waals surface area (Å²) >= 11 is 5.74. The van der Waals surface area contributed by atoms with Crippen LogP contribution in [0.5, 0.6) is 0 Å². The maximum Gasteiger partial charge on any atom is 0.244 e. The van der Waals surface area contributed by atoms with Gasteiger partial charge in [-0.15, -0.1) is 3.89 Å². The van der Waals surface area contributed by atoms with Crippen molar-refractivity contribution >= 4 is 35.7 Å². The van der Waals surface area contributed by atoms with E-state index in [0.717, 1.165) is 15.4 Å². The minimum absolute atomic E-state index is 0.121. The van der Waals surface area contributed by atoms with Crippen LogP contribution in [0.25, 0.3) is 0 Å². The third-order valence-electron chi connectivity index (χ3n) is 3.46. The molecule has 0 saturated heterocycles. The topological polar surface area (TPSA) is 46.1 Å². The molecule has 7 heteroatoms. The molecule has 0 bridgehead atoms. The van der Waals surface area contributed by atoms with Gasteiger partial charge in [0.05, 0.1) is 0 Å². The summed E-state index contributed by atoms with van der Waals surface area (Å²) in [5.41, 5.74) is 1.99. The van der Waals surface area contributed by atoms with Gasteiger partial charge in [-0.1, -0.05) is 31.5 Å². The molecule has 0 N–H and O–H groups in total. The molecule has 2 heterocycles. The highest BCUT2D eigenvalue weighted by Gasteiger charge is 2.33. The van der Waals surface area contributed by atoms with Gasteiger partial charge >= 0.3 is 0 Å². The van der Waals surface area contributed by atoms with Crippen molar-refractivity contribution < 1.29 is 8.68 Å². The number of rotatable bonds is 3. The van der Waals surface area contributed by atoms with Crippen molar-refractivity contribution in [1.82, 2.24) is 9.97 Å². The van der Waals surface area contributed by atoms with Crippen LogP contribution in [0.4, 0.5) is 9.70 Å². The average molecular weight is 354 g/mol. The molecule has 0 aromatic carbocycles. The number of hydrogen-bond acceptors (Lipinski definition) is 4. The Morgan fingerprint density at radius 3 is 2.70 bits per heavy atom. The summed E-state index contributed by atoms with van der Waals surface area (Å²) in [4.78, 5) is 20.5. The first-order valence-corrected chi connectivity index (χ1v) is 8.41. The van der Waals surface area contributed by atoms with E-state index in [0.29, 0.717) is 23.8 Å². The predicted molar refractivity (Wildman–Crippen MR) is 91.9 cm³/mol. The highest BCUT2D eigenvalue weighted by atomic mass is 35.5. The highest BCUT2D eigenvalue weighted by Crippen LogP contribution is 2.32. The van der Waals surface area contributed by atoms with Gasteiger partial charge in [0, 0.05) is 18.3 Å². The fourth-order valence-corrected chi connectivity index (χ4v) is 3.05. The zero-order valence-corrected chi connectivity index (χ0v) is 14.4. The number of carbonyl (C=O) groups is 1. The van der Waals surface area contributed by atoms with Gasteiger partial charge in [-0.3, -0.25) is 4.79 Å². The second kappa shape index (κ2) is 8.26. The summed E-state index contributed by atoms with van der Waals surface area (Å²) in [6.45, 7) is 4.00. The molecule has 0 spiro atoms. The van der Waals surface area contributed by atoms with Crippen LogP contribution in [0.3, 0.4) is 0 Å². The van der Waals surface area contributed by atoms with Gasteiger partial charge in [0.25, 0.3) is 0 Å². The number of anilines is 1. The zero-order chi connectivity index (χ0) is 16.8. The van der Waals surface area contributed by atoms with E-state index in [1.165, 1.54) is 6.20 Å². The highest BCUT2D eigenvalue weighted by molar-refractivity contribution is 7.96. The largest absolute Gasteiger partial charge is 0.273 e. The number of fused-ring (bicyclic) bond motifs is 1. The second-order valence-corrected chi connectivity index (χ2v) is 5.66. The summed E-state index contributed by atoms with van der Waals surface area (Å²) in [7, 11) is 0. The molecule has 0 aliphatic heterocycles. The van der Waals surface area contributed by atoms with Gasteiger partial charge in [0.2, 0.25) is 5.91 Å². The number of carbonyl (C=O) groups excluding carboxylic acids is 1. The zero-order valence-electron chi connectivity index (χ0n) is 12.9. The molecule has 2 aromatic heterocycles. The lowest BCUT2D eigenvalue weighted by atomic mass is 10.1. The summed E-state index contributed by atoms with van der Waals surface area (Å²) in [6, 6.07) is 6.79. The minimum Gasteiger partial charge on any atom is -0.273 e. The van der Waals surface area contributed by atoms with Crippen molar-refractivity contribution in [2.24, 2.45) is 5.92 Å². The van der Waals surface area contributed by atoms with Crippen LogP contribution in [-0.2, 0) is 17.6 Å². The molecular weight excluding hydrogens is 337 g/mol. The van der Waals surface area contributed by atoms with Gasteiger partial charge in [-0.25, -0.2) is 14.3 Å². The van der Waals surface area contributed by atoms with Crippen LogP contribution in [0.1, 0.15) is 25.0 Å². The molecular formula is C16H17ClFN3OS. The van der Waals surface area contributed by atoms with Crippen molar-refractivity contribution in [2.45, 2.75) is 26.7 Å². The molecule has 1 aliphatic rings. The Kier molecular flexibility index (Phi) is 6.36. The van der Waals surface area contributed by atoms with Crippen molar-refractivity contribution in [1.29, 1.82) is 0 Å². The average Bonchev–Trinajstić information content (AvgIpc) is 3.01. The van der Waals surface area contributed by atoms with E-state index < -0.39 is 0 Å². The number of halogens is 2. The third kappa shape index (κ3) is 4.00. The molecule has 1 unspecified atom stereocenters. The van der Waals surface area contributed by atoms with E-state index in [2.05, 4.69) is 9.97 Å². The molecule has 23 heavy (non-hydrogen) atoms. The Balaban J connectivity index is 0.000000924. The molecule has 4 nitrogen and oxygen atoms in total. The predicted octanol–water partition coefficient (Wildman–Crippen LogP) is 4.44. The van der Waals surface area contributed by atoms with Gasteiger partial charge in [0.15, 0.2) is 12.3 Å². The first-order chi connectivity index (χ1) is 11.2. The van der Waals surface area contributed by atoms with Crippen LogP contribution in [0.15, 0.2) is 36.7 Å². The number of hydrogen-bond donors (Lipinski definition) is 0. The monoisotopic (exact) mass is 353 g/mol. The second-order valence-electron chi connectivity index (χ2n) is 4.77. The summed E-state index contributed by atoms with van der Waals surface area (Å²) in [5, 5.41) is 0.406. The van der Waals surface area contributed by atoms with E-state index in [9.17, 15) is 8.68 Å². The molecule has 0 saturated carbocycles. The molecule has 1 aliphatic carbocycles. The van der Waals surface area contributed by atoms with Crippen molar-refractivity contribution in [3.63, 3.8) is 0 Å². The Labute approximate surface area is 144 Å². The summed E-state index contributed by atoms with van der Waals surface area (Å²) in [5.74, 6) is -0.318. The summed E-state index contributed by atoms with van der Waals surface area (Å²) < 4.78 is 14.2. The number of nitrogens with zero attached hydrogens (tertiary/aromatic N) is 3. The van der Waals surface area contributed by atoms with Crippen LogP contribution in [0, 0.1) is 5.92 Å². The lowest BCUT2D eigenvalue weighted by molar-refractivity contribution is -0.120. The van der Waals surface area contributed by atoms with E-state index in [1.807, 2.05) is 13.8 Å². The molecule has 0 fully saturated rings. The van der Waals surface area contributed by atoms with Gasteiger partial charge in [-0.05, 0) is 42.2 Å². The van der Waals surface area contributed by atoms with Crippen LogP contribution in [-0.4, -0.2) is 15.9 Å². The quantitative estimate of drug-likeness (QED) is 0.604. The molecule has 2 aromatic rings. The van der Waals surface area contributed by atoms with E-state index in [1.54, 1.807) is 30.5 Å². The van der Waals surface area contributed by atoms with Crippen molar-refractivity contribution in [3.8, 4) is 0 Å². The maximum absolute atomic E-state index is 13.2. The molecule has 1 amide bonds. The van der Waals surface area contributed by atoms with Gasteiger partial charge in [-0.2, -0.15) is 0 Å². The molecule has 1 atom stereocenters. The Morgan fingerprint density at radius 1 is 1.30 bits per heavy atom. The number of amides is 1. The lowest BCUT2D eigenvalue weighted by Crippen LogP contribution is -2.31. The molecule has 122 valence electrons. The third-order valence-corrected chi connectivity index (χ3v) is 4.17. The first kappa shape index (κ1) is 17.7.